The molecule has 10 heteroatoms. The molecule has 6 unspecified atom stereocenters. The second kappa shape index (κ2) is 43.3. The van der Waals surface area contributed by atoms with Gasteiger partial charge in [-0.2, -0.15) is 0 Å². The van der Waals surface area contributed by atoms with Crippen LogP contribution in [0.5, 0.6) is 0 Å². The fourth-order valence-electron chi connectivity index (χ4n) is 8.24. The van der Waals surface area contributed by atoms with Gasteiger partial charge >= 0.3 is 11.9 Å². The van der Waals surface area contributed by atoms with Crippen molar-refractivity contribution in [1.29, 1.82) is 0 Å². The Labute approximate surface area is 380 Å². The molecule has 4 N–H and O–H groups in total. The first kappa shape index (κ1) is 58.5. The first-order valence-corrected chi connectivity index (χ1v) is 26.3. The second-order valence-electron chi connectivity index (χ2n) is 18.3. The van der Waals surface area contributed by atoms with Crippen molar-refractivity contribution < 1.29 is 49.0 Å². The third kappa shape index (κ3) is 33.9. The molecular weight excluding hydrogens is 785 g/mol. The van der Waals surface area contributed by atoms with Crippen LogP contribution in [0, 0.1) is 0 Å². The molecular formula is C52H98O10. The summed E-state index contributed by atoms with van der Waals surface area (Å²) in [5, 5.41) is 40.2. The van der Waals surface area contributed by atoms with Gasteiger partial charge in [-0.1, -0.05) is 212 Å². The van der Waals surface area contributed by atoms with E-state index in [9.17, 15) is 30.0 Å². The highest BCUT2D eigenvalue weighted by molar-refractivity contribution is 5.70. The predicted molar refractivity (Wildman–Crippen MR) is 252 cm³/mol. The molecule has 366 valence electrons. The SMILES string of the molecule is CCCCCCCCCC/C=C\CCCCCCCCCCCCCC(=O)OC(COC(=O)CCCCCCCCCCCCCCCC)COC1OC(CO)C(O)C(O)C1O. The Morgan fingerprint density at radius 1 is 0.484 bits per heavy atom. The molecule has 0 aromatic heterocycles. The summed E-state index contributed by atoms with van der Waals surface area (Å²) in [6.07, 6.45) is 40.8. The summed E-state index contributed by atoms with van der Waals surface area (Å²) in [6.45, 7) is 3.46. The molecule has 0 saturated carbocycles. The van der Waals surface area contributed by atoms with E-state index < -0.39 is 49.4 Å². The van der Waals surface area contributed by atoms with E-state index in [-0.39, 0.29) is 32.0 Å². The van der Waals surface area contributed by atoms with E-state index in [0.717, 1.165) is 38.5 Å². The maximum Gasteiger partial charge on any atom is 0.306 e. The first-order valence-electron chi connectivity index (χ1n) is 26.3. The van der Waals surface area contributed by atoms with Gasteiger partial charge in [-0.25, -0.2) is 0 Å². The van der Waals surface area contributed by atoms with Crippen LogP contribution in [0.1, 0.15) is 251 Å². The summed E-state index contributed by atoms with van der Waals surface area (Å²) in [7, 11) is 0. The highest BCUT2D eigenvalue weighted by Gasteiger charge is 2.44. The fraction of sp³-hybridized carbons (Fsp3) is 0.923. The molecule has 0 aromatic carbocycles. The highest BCUT2D eigenvalue weighted by Crippen LogP contribution is 2.23. The van der Waals surface area contributed by atoms with Crippen LogP contribution in [0.3, 0.4) is 0 Å². The Bertz CT molecular complexity index is 1020. The molecule has 1 aliphatic heterocycles. The second-order valence-corrected chi connectivity index (χ2v) is 18.3. The largest absolute Gasteiger partial charge is 0.462 e. The molecule has 10 nitrogen and oxygen atoms in total. The van der Waals surface area contributed by atoms with Crippen molar-refractivity contribution in [2.45, 2.75) is 288 Å². The minimum absolute atomic E-state index is 0.211. The lowest BCUT2D eigenvalue weighted by molar-refractivity contribution is -0.305. The molecule has 0 bridgehead atoms. The summed E-state index contributed by atoms with van der Waals surface area (Å²) in [5.41, 5.74) is 0. The lowest BCUT2D eigenvalue weighted by Crippen LogP contribution is -2.59. The molecule has 6 atom stereocenters. The molecule has 1 rings (SSSR count). The van der Waals surface area contributed by atoms with Crippen LogP contribution < -0.4 is 0 Å². The van der Waals surface area contributed by atoms with Gasteiger partial charge in [-0.15, -0.1) is 0 Å². The van der Waals surface area contributed by atoms with Crippen molar-refractivity contribution in [1.82, 2.24) is 0 Å². The molecule has 62 heavy (non-hydrogen) atoms. The molecule has 1 heterocycles. The molecule has 1 aliphatic rings. The summed E-state index contributed by atoms with van der Waals surface area (Å²) in [6, 6.07) is 0. The van der Waals surface area contributed by atoms with Gasteiger partial charge in [0.25, 0.3) is 0 Å². The Kier molecular flexibility index (Phi) is 40.9. The van der Waals surface area contributed by atoms with Crippen LogP contribution in [-0.2, 0) is 28.5 Å². The van der Waals surface area contributed by atoms with E-state index in [1.54, 1.807) is 0 Å². The number of aliphatic hydroxyl groups is 4. The molecule has 0 spiro atoms. The van der Waals surface area contributed by atoms with Crippen LogP contribution in [0.25, 0.3) is 0 Å². The van der Waals surface area contributed by atoms with Crippen molar-refractivity contribution in [3.63, 3.8) is 0 Å². The van der Waals surface area contributed by atoms with Crippen molar-refractivity contribution in [3.8, 4) is 0 Å². The van der Waals surface area contributed by atoms with Gasteiger partial charge in [0.15, 0.2) is 12.4 Å². The van der Waals surface area contributed by atoms with Gasteiger partial charge in [0.1, 0.15) is 31.0 Å². The number of allylic oxidation sites excluding steroid dienone is 2. The van der Waals surface area contributed by atoms with Crippen molar-refractivity contribution >= 4 is 11.9 Å². The Morgan fingerprint density at radius 2 is 0.855 bits per heavy atom. The van der Waals surface area contributed by atoms with E-state index >= 15 is 0 Å². The first-order chi connectivity index (χ1) is 30.3. The molecule has 1 saturated heterocycles. The highest BCUT2D eigenvalue weighted by atomic mass is 16.7. The summed E-state index contributed by atoms with van der Waals surface area (Å²) in [5.74, 6) is -0.792. The summed E-state index contributed by atoms with van der Waals surface area (Å²) < 4.78 is 22.3. The zero-order chi connectivity index (χ0) is 45.1. The van der Waals surface area contributed by atoms with Crippen molar-refractivity contribution in [2.24, 2.45) is 0 Å². The minimum Gasteiger partial charge on any atom is -0.462 e. The Hall–Kier alpha value is -1.56. The minimum atomic E-state index is -1.59. The standard InChI is InChI=1S/C52H98O10/c1-3-5-7-9-11-13-15-17-19-20-21-22-23-24-25-26-27-29-31-33-35-37-39-41-48(55)61-45(44-60-52-51(58)50(57)49(56)46(42-53)62-52)43-59-47(54)40-38-36-34-32-30-28-18-16-14-12-10-8-6-4-2/h20-21,45-46,49-53,56-58H,3-19,22-44H2,1-2H3/b21-20-. The number of carbonyl (C=O) groups is 2. The molecule has 0 aliphatic carbocycles. The smallest absolute Gasteiger partial charge is 0.306 e. The third-order valence-corrected chi connectivity index (χ3v) is 12.4. The quantitative estimate of drug-likeness (QED) is 0.0264. The normalized spacial score (nSPS) is 19.6. The van der Waals surface area contributed by atoms with Crippen LogP contribution in [0.2, 0.25) is 0 Å². The zero-order valence-electron chi connectivity index (χ0n) is 40.1. The van der Waals surface area contributed by atoms with Crippen molar-refractivity contribution in [3.05, 3.63) is 12.2 Å². The monoisotopic (exact) mass is 883 g/mol. The van der Waals surface area contributed by atoms with Crippen LogP contribution in [-0.4, -0.2) is 89.0 Å². The average molecular weight is 883 g/mol. The summed E-state index contributed by atoms with van der Waals surface area (Å²) >= 11 is 0. The predicted octanol–water partition coefficient (Wildman–Crippen LogP) is 12.3. The van der Waals surface area contributed by atoms with Gasteiger partial charge in [-0.05, 0) is 38.5 Å². The molecule has 0 amide bonds. The van der Waals surface area contributed by atoms with E-state index in [1.807, 2.05) is 0 Å². The summed E-state index contributed by atoms with van der Waals surface area (Å²) in [4.78, 5) is 25.4. The third-order valence-electron chi connectivity index (χ3n) is 12.4. The van der Waals surface area contributed by atoms with Gasteiger partial charge in [0, 0.05) is 12.8 Å². The molecule has 0 radical (unpaired) electrons. The van der Waals surface area contributed by atoms with Crippen LogP contribution >= 0.6 is 0 Å². The number of hydrogen-bond acceptors (Lipinski definition) is 10. The van der Waals surface area contributed by atoms with Crippen LogP contribution in [0.15, 0.2) is 12.2 Å². The lowest BCUT2D eigenvalue weighted by Gasteiger charge is -2.39. The number of aliphatic hydroxyl groups excluding tert-OH is 4. The molecule has 0 aromatic rings. The maximum atomic E-state index is 12.8. The number of carbonyl (C=O) groups excluding carboxylic acids is 2. The van der Waals surface area contributed by atoms with E-state index in [1.165, 1.54) is 180 Å². The number of esters is 2. The zero-order valence-corrected chi connectivity index (χ0v) is 40.1. The van der Waals surface area contributed by atoms with Gasteiger partial charge in [-0.3, -0.25) is 9.59 Å². The van der Waals surface area contributed by atoms with E-state index in [0.29, 0.717) is 6.42 Å². The van der Waals surface area contributed by atoms with Gasteiger partial charge in [0.2, 0.25) is 0 Å². The number of ether oxygens (including phenoxy) is 4. The van der Waals surface area contributed by atoms with Crippen LogP contribution in [0.4, 0.5) is 0 Å². The lowest BCUT2D eigenvalue weighted by atomic mass is 9.99. The Balaban J connectivity index is 2.22. The topological polar surface area (TPSA) is 152 Å². The maximum absolute atomic E-state index is 12.8. The van der Waals surface area contributed by atoms with Crippen molar-refractivity contribution in [2.75, 3.05) is 19.8 Å². The average Bonchev–Trinajstić information content (AvgIpc) is 3.27. The van der Waals surface area contributed by atoms with E-state index in [4.69, 9.17) is 18.9 Å². The van der Waals surface area contributed by atoms with Gasteiger partial charge in [0.05, 0.1) is 13.2 Å². The number of unbranched alkanes of at least 4 members (excludes halogenated alkanes) is 32. The number of hydrogen-bond donors (Lipinski definition) is 4. The molecule has 1 fully saturated rings. The van der Waals surface area contributed by atoms with E-state index in [2.05, 4.69) is 26.0 Å². The van der Waals surface area contributed by atoms with Gasteiger partial charge < -0.3 is 39.4 Å². The Morgan fingerprint density at radius 3 is 1.26 bits per heavy atom. The fourth-order valence-corrected chi connectivity index (χ4v) is 8.24. The number of rotatable bonds is 45.